The van der Waals surface area contributed by atoms with E-state index in [1.165, 1.54) is 17.8 Å². The molecule has 35 heavy (non-hydrogen) atoms. The number of anilines is 1. The fourth-order valence-corrected chi connectivity index (χ4v) is 4.37. The number of hydrogen-bond donors (Lipinski definition) is 2. The summed E-state index contributed by atoms with van der Waals surface area (Å²) in [7, 11) is 0. The number of benzene rings is 2. The van der Waals surface area contributed by atoms with Gasteiger partial charge >= 0.3 is 12.1 Å². The van der Waals surface area contributed by atoms with Crippen LogP contribution in [0.4, 0.5) is 18.9 Å². The lowest BCUT2D eigenvalue weighted by molar-refractivity contribution is -0.189. The molecule has 9 nitrogen and oxygen atoms in total. The molecular formula is C21H18BrF3N4O5S. The number of aromatic nitrogens is 3. The lowest BCUT2D eigenvalue weighted by atomic mass is 10.1. The molecule has 4 rings (SSSR count). The van der Waals surface area contributed by atoms with E-state index in [2.05, 4.69) is 35.8 Å². The minimum atomic E-state index is -5.34. The molecule has 1 aliphatic heterocycles. The number of nitrogens with zero attached hydrogens (tertiary/aromatic N) is 4. The number of hydrogen-bond acceptors (Lipinski definition) is 9. The van der Waals surface area contributed by atoms with Gasteiger partial charge in [0.15, 0.2) is 22.5 Å². The highest BCUT2D eigenvalue weighted by Crippen LogP contribution is 2.48. The van der Waals surface area contributed by atoms with Crippen LogP contribution in [0.2, 0.25) is 0 Å². The van der Waals surface area contributed by atoms with Crippen LogP contribution < -0.4 is 9.64 Å². The molecule has 0 amide bonds. The van der Waals surface area contributed by atoms with Crippen LogP contribution in [0.5, 0.6) is 17.2 Å². The zero-order valence-electron chi connectivity index (χ0n) is 18.0. The third kappa shape index (κ3) is 5.04. The Morgan fingerprint density at radius 1 is 1.11 bits per heavy atom. The average Bonchev–Trinajstić information content (AvgIpc) is 3.28. The summed E-state index contributed by atoms with van der Waals surface area (Å²) >= 11 is 4.27. The molecule has 0 saturated carbocycles. The Morgan fingerprint density at radius 2 is 1.74 bits per heavy atom. The number of halogens is 4. The lowest BCUT2D eigenvalue weighted by Crippen LogP contribution is -2.36. The fraction of sp³-hybridized carbons (Fsp3) is 0.286. The molecular weight excluding hydrogens is 557 g/mol. The first-order valence-corrected chi connectivity index (χ1v) is 12.1. The molecule has 2 heterocycles. The Bertz CT molecular complexity index is 1250. The number of thioether (sulfide) groups is 1. The summed E-state index contributed by atoms with van der Waals surface area (Å²) in [6.45, 7) is 2.76. The summed E-state index contributed by atoms with van der Waals surface area (Å²) in [5, 5.41) is 29.5. The quantitative estimate of drug-likeness (QED) is 0.264. The number of carbonyl (C=O) groups excluding carboxylic acids is 1. The number of phenolic OH excluding ortho intramolecular Hbond substituents is 2. The van der Waals surface area contributed by atoms with Gasteiger partial charge in [0.05, 0.1) is 23.2 Å². The maximum atomic E-state index is 12.7. The van der Waals surface area contributed by atoms with Crippen LogP contribution in [0.3, 0.4) is 0 Å². The second kappa shape index (κ2) is 9.95. The Kier molecular flexibility index (Phi) is 7.15. The minimum absolute atomic E-state index is 0.0518. The van der Waals surface area contributed by atoms with E-state index >= 15 is 0 Å². The summed E-state index contributed by atoms with van der Waals surface area (Å²) in [6.07, 6.45) is -3.58. The highest BCUT2D eigenvalue weighted by atomic mass is 79.9. The molecule has 1 fully saturated rings. The first-order chi connectivity index (χ1) is 16.6. The summed E-state index contributed by atoms with van der Waals surface area (Å²) in [6, 6.07) is 8.67. The Hall–Kier alpha value is -2.97. The van der Waals surface area contributed by atoms with E-state index < -0.39 is 29.4 Å². The molecule has 0 atom stereocenters. The number of aromatic hydroxyl groups is 2. The Balaban J connectivity index is 1.78. The first-order valence-electron chi connectivity index (χ1n) is 10.1. The van der Waals surface area contributed by atoms with Gasteiger partial charge in [-0.25, -0.2) is 4.79 Å². The van der Waals surface area contributed by atoms with Crippen LogP contribution in [0.25, 0.3) is 17.1 Å². The molecule has 0 radical (unpaired) electrons. The zero-order valence-corrected chi connectivity index (χ0v) is 20.4. The third-order valence-corrected chi connectivity index (χ3v) is 6.38. The van der Waals surface area contributed by atoms with Crippen LogP contribution in [0, 0.1) is 0 Å². The van der Waals surface area contributed by atoms with E-state index in [9.17, 15) is 28.2 Å². The largest absolute Gasteiger partial charge is 0.504 e. The highest BCUT2D eigenvalue weighted by Gasteiger charge is 2.42. The van der Waals surface area contributed by atoms with Gasteiger partial charge in [0, 0.05) is 24.5 Å². The summed E-state index contributed by atoms with van der Waals surface area (Å²) in [4.78, 5) is 13.5. The number of rotatable bonds is 5. The van der Waals surface area contributed by atoms with Gasteiger partial charge in [-0.15, -0.1) is 10.2 Å². The first kappa shape index (κ1) is 25.1. The standard InChI is InChI=1S/C21H18BrF3N4O5S/c1-35-20-27-26-18(29(20)12-4-2-11(3-5-12)28-6-8-33-9-7-28)13-10-14(22)16(31)17(15(13)30)34-19(32)21(23,24)25/h2-5,10,30-31H,6-9H2,1H3. The van der Waals surface area contributed by atoms with E-state index in [1.807, 2.05) is 24.3 Å². The van der Waals surface area contributed by atoms with E-state index in [0.29, 0.717) is 24.1 Å². The molecule has 186 valence electrons. The van der Waals surface area contributed by atoms with Crippen molar-refractivity contribution in [2.24, 2.45) is 0 Å². The van der Waals surface area contributed by atoms with Crippen molar-refractivity contribution < 1.29 is 37.7 Å². The van der Waals surface area contributed by atoms with Crippen molar-refractivity contribution in [2.45, 2.75) is 11.3 Å². The number of carbonyl (C=O) groups is 1. The zero-order chi connectivity index (χ0) is 25.3. The fourth-order valence-electron chi connectivity index (χ4n) is 3.47. The van der Waals surface area contributed by atoms with E-state index in [1.54, 1.807) is 10.8 Å². The molecule has 3 aromatic rings. The van der Waals surface area contributed by atoms with Gasteiger partial charge in [-0.05, 0) is 52.5 Å². The summed E-state index contributed by atoms with van der Waals surface area (Å²) in [5.41, 5.74) is 1.47. The predicted octanol–water partition coefficient (Wildman–Crippen LogP) is 4.13. The van der Waals surface area contributed by atoms with Gasteiger partial charge in [-0.1, -0.05) is 11.8 Å². The van der Waals surface area contributed by atoms with E-state index in [-0.39, 0.29) is 15.9 Å². The predicted molar refractivity (Wildman–Crippen MR) is 124 cm³/mol. The van der Waals surface area contributed by atoms with E-state index in [0.717, 1.165) is 18.8 Å². The van der Waals surface area contributed by atoms with Crippen molar-refractivity contribution in [3.05, 3.63) is 34.8 Å². The smallest absolute Gasteiger partial charge is 0.491 e. The van der Waals surface area contributed by atoms with Crippen LogP contribution in [0.15, 0.2) is 40.0 Å². The number of esters is 1. The molecule has 1 aliphatic rings. The number of morpholine rings is 1. The van der Waals surface area contributed by atoms with E-state index in [4.69, 9.17) is 4.74 Å². The van der Waals surface area contributed by atoms with Crippen molar-refractivity contribution in [2.75, 3.05) is 37.5 Å². The molecule has 0 spiro atoms. The van der Waals surface area contributed by atoms with Crippen molar-refractivity contribution in [1.82, 2.24) is 14.8 Å². The molecule has 1 aromatic heterocycles. The Morgan fingerprint density at radius 3 is 2.34 bits per heavy atom. The maximum absolute atomic E-state index is 12.7. The number of alkyl halides is 3. The molecule has 2 aromatic carbocycles. The third-order valence-electron chi connectivity index (χ3n) is 5.15. The molecule has 14 heteroatoms. The van der Waals surface area contributed by atoms with Gasteiger partial charge in [0.25, 0.3) is 0 Å². The molecule has 2 N–H and O–H groups in total. The normalized spacial score (nSPS) is 14.3. The number of phenols is 2. The van der Waals surface area contributed by atoms with Gasteiger partial charge < -0.3 is 24.6 Å². The van der Waals surface area contributed by atoms with Crippen molar-refractivity contribution in [3.8, 4) is 34.3 Å². The summed E-state index contributed by atoms with van der Waals surface area (Å²) in [5.74, 6) is -5.39. The monoisotopic (exact) mass is 574 g/mol. The van der Waals surface area contributed by atoms with Gasteiger partial charge in [0.2, 0.25) is 5.75 Å². The van der Waals surface area contributed by atoms with Gasteiger partial charge in [-0.3, -0.25) is 4.57 Å². The molecule has 1 saturated heterocycles. The second-order valence-electron chi connectivity index (χ2n) is 7.28. The van der Waals surface area contributed by atoms with Crippen LogP contribution in [-0.2, 0) is 9.53 Å². The van der Waals surface area contributed by atoms with Gasteiger partial charge in [0.1, 0.15) is 0 Å². The van der Waals surface area contributed by atoms with Crippen LogP contribution >= 0.6 is 27.7 Å². The van der Waals surface area contributed by atoms with Crippen LogP contribution in [0.1, 0.15) is 0 Å². The minimum Gasteiger partial charge on any atom is -0.504 e. The van der Waals surface area contributed by atoms with Crippen molar-refractivity contribution in [3.63, 3.8) is 0 Å². The number of ether oxygens (including phenoxy) is 2. The summed E-state index contributed by atoms with van der Waals surface area (Å²) < 4.78 is 49.3. The molecule has 0 aliphatic carbocycles. The second-order valence-corrected chi connectivity index (χ2v) is 8.91. The van der Waals surface area contributed by atoms with Gasteiger partial charge in [-0.2, -0.15) is 13.2 Å². The molecule has 0 bridgehead atoms. The average molecular weight is 575 g/mol. The van der Waals surface area contributed by atoms with Crippen molar-refractivity contribution in [1.29, 1.82) is 0 Å². The highest BCUT2D eigenvalue weighted by molar-refractivity contribution is 9.10. The topological polar surface area (TPSA) is 110 Å². The SMILES string of the molecule is CSc1nnc(-c2cc(Br)c(O)c(OC(=O)C(F)(F)F)c2O)n1-c1ccc(N2CCOCC2)cc1. The van der Waals surface area contributed by atoms with Crippen molar-refractivity contribution >= 4 is 39.3 Å². The lowest BCUT2D eigenvalue weighted by Gasteiger charge is -2.29. The molecule has 0 unspecified atom stereocenters. The van der Waals surface area contributed by atoms with Crippen LogP contribution in [-0.4, -0.2) is 69.7 Å². The maximum Gasteiger partial charge on any atom is 0.491 e. The Labute approximate surface area is 209 Å².